The number of carbonyl (C=O) groups excluding carboxylic acids is 3. The molecule has 2 aromatic heterocycles. The minimum Gasteiger partial charge on any atom is -0.312 e. The van der Waals surface area contributed by atoms with Gasteiger partial charge in [0.15, 0.2) is 11.6 Å². The smallest absolute Gasteiger partial charge is 0.312 e. The summed E-state index contributed by atoms with van der Waals surface area (Å²) in [6, 6.07) is 4.55. The molecule has 0 aliphatic carbocycles. The number of Topliss-reactive ketones (excluding diaryl/α,β-unsaturated/α-hetero) is 2. The lowest BCUT2D eigenvalue weighted by molar-refractivity contribution is -0.141. The van der Waals surface area contributed by atoms with Gasteiger partial charge in [0.25, 0.3) is 0 Å². The highest BCUT2D eigenvalue weighted by Gasteiger charge is 2.39. The van der Waals surface area contributed by atoms with Crippen molar-refractivity contribution in [3.8, 4) is 0 Å². The second-order valence-corrected chi connectivity index (χ2v) is 8.53. The number of amides is 2. The fraction of sp³-hybridized carbons (Fsp3) is 0.435. The standard InChI is InChI=1S/C23H25F3N4O3/c1-14(2)8-18-12-29(17-5-7-21(28-11-17)23(24,25)26)22(33)30(18)13-19(32)9-16-4-6-20(15(3)31)27-10-16/h4-7,10-11,14,18H,8-9,12-13H2,1-3H3/t18-/m0/s1. The first-order chi connectivity index (χ1) is 15.5. The van der Waals surface area contributed by atoms with Crippen molar-refractivity contribution >= 4 is 23.3 Å². The van der Waals surface area contributed by atoms with Gasteiger partial charge >= 0.3 is 12.2 Å². The number of alkyl halides is 3. The minimum absolute atomic E-state index is 0.0468. The van der Waals surface area contributed by atoms with Gasteiger partial charge < -0.3 is 4.90 Å². The summed E-state index contributed by atoms with van der Waals surface area (Å²) in [5.74, 6) is -0.138. The van der Waals surface area contributed by atoms with E-state index in [0.717, 1.165) is 12.3 Å². The second kappa shape index (κ2) is 9.68. The van der Waals surface area contributed by atoms with Crippen LogP contribution in [-0.4, -0.2) is 51.6 Å². The minimum atomic E-state index is -4.57. The largest absolute Gasteiger partial charge is 0.433 e. The maximum Gasteiger partial charge on any atom is 0.433 e. The SMILES string of the molecule is CC(=O)c1ccc(CC(=O)CN2C(=O)N(c3ccc(C(F)(F)F)nc3)C[C@@H]2CC(C)C)cn1. The molecule has 1 saturated heterocycles. The number of ketones is 2. The van der Waals surface area contributed by atoms with E-state index in [4.69, 9.17) is 0 Å². The predicted octanol–water partition coefficient (Wildman–Crippen LogP) is 4.17. The van der Waals surface area contributed by atoms with Crippen LogP contribution in [-0.2, 0) is 17.4 Å². The molecule has 0 aromatic carbocycles. The summed E-state index contributed by atoms with van der Waals surface area (Å²) in [6.07, 6.45) is -1.39. The molecule has 1 atom stereocenters. The van der Waals surface area contributed by atoms with E-state index in [1.54, 1.807) is 12.1 Å². The Hall–Kier alpha value is -3.30. The third kappa shape index (κ3) is 5.94. The van der Waals surface area contributed by atoms with E-state index in [2.05, 4.69) is 9.97 Å². The lowest BCUT2D eigenvalue weighted by Gasteiger charge is -2.23. The molecule has 0 N–H and O–H groups in total. The van der Waals surface area contributed by atoms with Gasteiger partial charge in [-0.2, -0.15) is 13.2 Å². The molecular weight excluding hydrogens is 437 g/mol. The van der Waals surface area contributed by atoms with Gasteiger partial charge in [0.1, 0.15) is 11.4 Å². The number of aromatic nitrogens is 2. The molecule has 1 aliphatic heterocycles. The number of hydrogen-bond acceptors (Lipinski definition) is 5. The molecule has 3 rings (SSSR count). The van der Waals surface area contributed by atoms with Crippen LogP contribution in [0.1, 0.15) is 48.9 Å². The van der Waals surface area contributed by atoms with E-state index < -0.39 is 17.9 Å². The molecule has 2 amide bonds. The van der Waals surface area contributed by atoms with Crippen LogP contribution in [0.2, 0.25) is 0 Å². The highest BCUT2D eigenvalue weighted by atomic mass is 19.4. The van der Waals surface area contributed by atoms with Crippen molar-refractivity contribution in [2.45, 2.75) is 45.8 Å². The first-order valence-corrected chi connectivity index (χ1v) is 10.5. The molecule has 3 heterocycles. The fourth-order valence-corrected chi connectivity index (χ4v) is 3.78. The monoisotopic (exact) mass is 462 g/mol. The van der Waals surface area contributed by atoms with Crippen LogP contribution in [0.5, 0.6) is 0 Å². The van der Waals surface area contributed by atoms with Crippen LogP contribution in [0.25, 0.3) is 0 Å². The number of anilines is 1. The first-order valence-electron chi connectivity index (χ1n) is 10.5. The Bertz CT molecular complexity index is 1020. The molecule has 33 heavy (non-hydrogen) atoms. The summed E-state index contributed by atoms with van der Waals surface area (Å²) in [5, 5.41) is 0. The van der Waals surface area contributed by atoms with E-state index in [9.17, 15) is 27.6 Å². The van der Waals surface area contributed by atoms with E-state index in [1.807, 2.05) is 13.8 Å². The van der Waals surface area contributed by atoms with Crippen molar-refractivity contribution in [3.63, 3.8) is 0 Å². The van der Waals surface area contributed by atoms with Gasteiger partial charge in [0.05, 0.1) is 24.5 Å². The Morgan fingerprint density at radius 3 is 2.36 bits per heavy atom. The van der Waals surface area contributed by atoms with Crippen molar-refractivity contribution in [1.82, 2.24) is 14.9 Å². The number of pyridine rings is 2. The Labute approximate surface area is 189 Å². The first kappa shape index (κ1) is 24.3. The lowest BCUT2D eigenvalue weighted by Crippen LogP contribution is -2.40. The molecule has 1 aliphatic rings. The van der Waals surface area contributed by atoms with Gasteiger partial charge in [-0.25, -0.2) is 9.78 Å². The number of urea groups is 1. The summed E-state index contributed by atoms with van der Waals surface area (Å²) in [5.41, 5.74) is 0.147. The number of nitrogens with zero attached hydrogens (tertiary/aromatic N) is 4. The molecule has 0 radical (unpaired) electrons. The van der Waals surface area contributed by atoms with Gasteiger partial charge in [0.2, 0.25) is 0 Å². The Kier molecular flexibility index (Phi) is 7.14. The van der Waals surface area contributed by atoms with Gasteiger partial charge in [-0.05, 0) is 36.1 Å². The predicted molar refractivity (Wildman–Crippen MR) is 115 cm³/mol. The van der Waals surface area contributed by atoms with Crippen molar-refractivity contribution in [3.05, 3.63) is 53.6 Å². The molecule has 1 fully saturated rings. The zero-order chi connectivity index (χ0) is 24.3. The molecule has 7 nitrogen and oxygen atoms in total. The summed E-state index contributed by atoms with van der Waals surface area (Å²) in [6.45, 7) is 5.52. The van der Waals surface area contributed by atoms with Crippen LogP contribution in [0.4, 0.5) is 23.7 Å². The quantitative estimate of drug-likeness (QED) is 0.550. The molecule has 0 saturated carbocycles. The van der Waals surface area contributed by atoms with Crippen molar-refractivity contribution in [2.24, 2.45) is 5.92 Å². The van der Waals surface area contributed by atoms with E-state index in [1.165, 1.54) is 29.0 Å². The van der Waals surface area contributed by atoms with Gasteiger partial charge in [0, 0.05) is 26.1 Å². The number of halogens is 3. The van der Waals surface area contributed by atoms with E-state index in [-0.39, 0.29) is 48.7 Å². The zero-order valence-electron chi connectivity index (χ0n) is 18.6. The fourth-order valence-electron chi connectivity index (χ4n) is 3.78. The van der Waals surface area contributed by atoms with Crippen LogP contribution in [0.15, 0.2) is 36.7 Å². The van der Waals surface area contributed by atoms with Crippen LogP contribution >= 0.6 is 0 Å². The Balaban J connectivity index is 1.74. The Morgan fingerprint density at radius 1 is 1.12 bits per heavy atom. The van der Waals surface area contributed by atoms with Gasteiger partial charge in [-0.3, -0.25) is 19.5 Å². The normalized spacial score (nSPS) is 16.6. The summed E-state index contributed by atoms with van der Waals surface area (Å²) in [4.78, 5) is 47.5. The summed E-state index contributed by atoms with van der Waals surface area (Å²) < 4.78 is 38.4. The van der Waals surface area contributed by atoms with Gasteiger partial charge in [-0.15, -0.1) is 0 Å². The number of hydrogen-bond donors (Lipinski definition) is 0. The second-order valence-electron chi connectivity index (χ2n) is 8.53. The summed E-state index contributed by atoms with van der Waals surface area (Å²) >= 11 is 0. The highest BCUT2D eigenvalue weighted by Crippen LogP contribution is 2.31. The molecule has 176 valence electrons. The third-order valence-electron chi connectivity index (χ3n) is 5.34. The Morgan fingerprint density at radius 2 is 1.85 bits per heavy atom. The van der Waals surface area contributed by atoms with Crippen molar-refractivity contribution in [1.29, 1.82) is 0 Å². The number of carbonyl (C=O) groups is 3. The van der Waals surface area contributed by atoms with Crippen molar-refractivity contribution in [2.75, 3.05) is 18.0 Å². The van der Waals surface area contributed by atoms with Crippen LogP contribution in [0.3, 0.4) is 0 Å². The van der Waals surface area contributed by atoms with Crippen molar-refractivity contribution < 1.29 is 27.6 Å². The molecule has 2 aromatic rings. The molecule has 0 unspecified atom stereocenters. The van der Waals surface area contributed by atoms with Crippen LogP contribution in [0, 0.1) is 5.92 Å². The molecule has 10 heteroatoms. The van der Waals surface area contributed by atoms with Crippen LogP contribution < -0.4 is 4.90 Å². The number of rotatable bonds is 8. The third-order valence-corrected chi connectivity index (χ3v) is 5.34. The molecular formula is C23H25F3N4O3. The maximum absolute atomic E-state index is 13.1. The highest BCUT2D eigenvalue weighted by molar-refractivity contribution is 5.97. The lowest BCUT2D eigenvalue weighted by atomic mass is 10.0. The van der Waals surface area contributed by atoms with E-state index >= 15 is 0 Å². The zero-order valence-corrected chi connectivity index (χ0v) is 18.6. The van der Waals surface area contributed by atoms with E-state index in [0.29, 0.717) is 17.7 Å². The molecule has 0 spiro atoms. The topological polar surface area (TPSA) is 83.5 Å². The maximum atomic E-state index is 13.1. The molecule has 0 bridgehead atoms. The summed E-state index contributed by atoms with van der Waals surface area (Å²) in [7, 11) is 0. The average Bonchev–Trinajstić information content (AvgIpc) is 3.02. The average molecular weight is 462 g/mol. The van der Waals surface area contributed by atoms with Gasteiger partial charge in [-0.1, -0.05) is 19.9 Å².